The number of hydrazine groups is 1. The number of rotatable bonds is 9. The van der Waals surface area contributed by atoms with Crippen LogP contribution < -0.4 is 11.2 Å². The van der Waals surface area contributed by atoms with E-state index in [1.807, 2.05) is 30.3 Å². The number of aromatic nitrogens is 2. The first kappa shape index (κ1) is 27.6. The maximum Gasteiger partial charge on any atom is 0.424 e. The van der Waals surface area contributed by atoms with Gasteiger partial charge in [-0.2, -0.15) is 5.10 Å². The number of amides is 2. The molecule has 9 nitrogen and oxygen atoms in total. The Bertz CT molecular complexity index is 1320. The van der Waals surface area contributed by atoms with Gasteiger partial charge in [0.15, 0.2) is 0 Å². The fourth-order valence-electron chi connectivity index (χ4n) is 4.49. The number of nitrogens with zero attached hydrogens (tertiary/aromatic N) is 2. The minimum Gasteiger partial charge on any atom is -0.444 e. The van der Waals surface area contributed by atoms with Crippen LogP contribution in [0.25, 0.3) is 0 Å². The molecule has 0 saturated heterocycles. The van der Waals surface area contributed by atoms with E-state index in [0.717, 1.165) is 54.5 Å². The third kappa shape index (κ3) is 7.35. The summed E-state index contributed by atoms with van der Waals surface area (Å²) in [5.41, 5.74) is 0.149. The van der Waals surface area contributed by atoms with E-state index < -0.39 is 35.0 Å². The Labute approximate surface area is 224 Å². The van der Waals surface area contributed by atoms with E-state index in [1.54, 1.807) is 6.08 Å². The van der Waals surface area contributed by atoms with E-state index in [1.165, 1.54) is 12.3 Å². The second-order valence-electron chi connectivity index (χ2n) is 9.41. The molecule has 0 unspecified atom stereocenters. The van der Waals surface area contributed by atoms with Gasteiger partial charge >= 0.3 is 6.09 Å². The zero-order valence-corrected chi connectivity index (χ0v) is 21.1. The highest BCUT2D eigenvalue weighted by Gasteiger charge is 2.24. The molecule has 1 aliphatic carbocycles. The summed E-state index contributed by atoms with van der Waals surface area (Å²) in [7, 11) is 0. The molecule has 204 valence electrons. The lowest BCUT2D eigenvalue weighted by molar-refractivity contribution is 0.0860. The molecular weight excluding hydrogens is 508 g/mol. The molecular formula is C28H29F2N5O4. The number of nitrogens with one attached hydrogen (secondary N) is 2. The molecule has 39 heavy (non-hydrogen) atoms. The number of hydrogen-bond acceptors (Lipinski definition) is 6. The quantitative estimate of drug-likeness (QED) is 0.116. The van der Waals surface area contributed by atoms with Crippen molar-refractivity contribution in [1.29, 1.82) is 0 Å². The number of ether oxygens (including phenoxy) is 1. The molecule has 4 rings (SSSR count). The molecule has 1 fully saturated rings. The van der Waals surface area contributed by atoms with Gasteiger partial charge in [0.2, 0.25) is 5.78 Å². The molecule has 0 spiro atoms. The molecule has 0 bridgehead atoms. The number of benzene rings is 2. The molecule has 1 aromatic heterocycles. The largest absolute Gasteiger partial charge is 0.444 e. The second kappa shape index (κ2) is 12.9. The molecule has 1 aliphatic rings. The summed E-state index contributed by atoms with van der Waals surface area (Å²) in [5.74, 6) is 2.80. The van der Waals surface area contributed by atoms with E-state index in [4.69, 9.17) is 10.6 Å². The lowest BCUT2D eigenvalue weighted by Crippen LogP contribution is -2.42. The predicted octanol–water partition coefficient (Wildman–Crippen LogP) is 5.00. The van der Waals surface area contributed by atoms with Gasteiger partial charge in [0.05, 0.1) is 11.9 Å². The van der Waals surface area contributed by atoms with Crippen molar-refractivity contribution in [2.45, 2.75) is 32.3 Å². The van der Waals surface area contributed by atoms with Crippen LogP contribution in [0.15, 0.2) is 66.9 Å². The zero-order valence-electron chi connectivity index (χ0n) is 21.1. The first-order chi connectivity index (χ1) is 18.8. The van der Waals surface area contributed by atoms with Gasteiger partial charge in [0.25, 0.3) is 5.91 Å². The number of anilines is 1. The van der Waals surface area contributed by atoms with Gasteiger partial charge in [-0.05, 0) is 61.3 Å². The van der Waals surface area contributed by atoms with Crippen LogP contribution in [0.1, 0.15) is 52.1 Å². The van der Waals surface area contributed by atoms with Crippen molar-refractivity contribution >= 4 is 23.5 Å². The van der Waals surface area contributed by atoms with Crippen molar-refractivity contribution in [3.63, 3.8) is 0 Å². The maximum atomic E-state index is 13.9. The van der Waals surface area contributed by atoms with Crippen molar-refractivity contribution in [3.05, 3.63) is 95.3 Å². The standard InChI is InChI=1S/C28H29F2N5O4/c29-21-7-4-8-22(30)25(21)27(37)33-23-15-32-34-26(23)24(36)14-13-18-9-11-19(12-10-18)16-35(31)28(38)39-17-20-5-2-1-3-6-20/h1-8,13-15,18-19H,9-12,16-17,31H2,(H,32,34)(H,33,37)/b14-13-. The van der Waals surface area contributed by atoms with Crippen LogP contribution in [0.5, 0.6) is 0 Å². The maximum absolute atomic E-state index is 13.9. The molecule has 0 atom stereocenters. The minimum absolute atomic E-state index is 0.00202. The number of H-pyrrole nitrogens is 1. The van der Waals surface area contributed by atoms with Gasteiger partial charge < -0.3 is 10.1 Å². The molecule has 0 radical (unpaired) electrons. The van der Waals surface area contributed by atoms with E-state index in [2.05, 4.69) is 15.5 Å². The van der Waals surface area contributed by atoms with Gasteiger partial charge in [0.1, 0.15) is 29.5 Å². The van der Waals surface area contributed by atoms with Crippen LogP contribution in [-0.4, -0.2) is 39.5 Å². The van der Waals surface area contributed by atoms with Gasteiger partial charge in [-0.15, -0.1) is 0 Å². The summed E-state index contributed by atoms with van der Waals surface area (Å²) >= 11 is 0. The van der Waals surface area contributed by atoms with Gasteiger partial charge in [0, 0.05) is 6.54 Å². The number of ketones is 1. The number of allylic oxidation sites excluding steroid dienone is 2. The number of hydrogen-bond donors (Lipinski definition) is 3. The summed E-state index contributed by atoms with van der Waals surface area (Å²) < 4.78 is 33.1. The van der Waals surface area contributed by atoms with Crippen molar-refractivity contribution in [2.24, 2.45) is 17.7 Å². The highest BCUT2D eigenvalue weighted by atomic mass is 19.1. The molecule has 3 aromatic rings. The van der Waals surface area contributed by atoms with Crippen LogP contribution in [0.3, 0.4) is 0 Å². The van der Waals surface area contributed by atoms with Crippen molar-refractivity contribution in [1.82, 2.24) is 15.2 Å². The Kier molecular flexibility index (Phi) is 9.16. The summed E-state index contributed by atoms with van der Waals surface area (Å²) in [6, 6.07) is 12.4. The van der Waals surface area contributed by atoms with Crippen LogP contribution in [-0.2, 0) is 11.3 Å². The lowest BCUT2D eigenvalue weighted by Gasteiger charge is -2.29. The molecule has 0 aliphatic heterocycles. The summed E-state index contributed by atoms with van der Waals surface area (Å²) in [4.78, 5) is 37.3. The fraction of sp³-hybridized carbons (Fsp3) is 0.286. The van der Waals surface area contributed by atoms with E-state index in [-0.39, 0.29) is 29.8 Å². The molecule has 4 N–H and O–H groups in total. The molecule has 1 heterocycles. The number of carbonyl (C=O) groups is 3. The minimum atomic E-state index is -1.03. The fourth-order valence-corrected chi connectivity index (χ4v) is 4.49. The number of halogens is 2. The number of aromatic amines is 1. The van der Waals surface area contributed by atoms with Crippen LogP contribution >= 0.6 is 0 Å². The topological polar surface area (TPSA) is 130 Å². The van der Waals surface area contributed by atoms with Crippen molar-refractivity contribution < 1.29 is 27.9 Å². The van der Waals surface area contributed by atoms with Crippen LogP contribution in [0.2, 0.25) is 0 Å². The van der Waals surface area contributed by atoms with Gasteiger partial charge in [-0.25, -0.2) is 24.4 Å². The molecule has 1 saturated carbocycles. The van der Waals surface area contributed by atoms with Gasteiger partial charge in [-0.3, -0.25) is 14.7 Å². The molecule has 2 aromatic carbocycles. The Balaban J connectivity index is 1.24. The van der Waals surface area contributed by atoms with Crippen molar-refractivity contribution in [2.75, 3.05) is 11.9 Å². The summed E-state index contributed by atoms with van der Waals surface area (Å²) in [5, 5.41) is 9.74. The predicted molar refractivity (Wildman–Crippen MR) is 139 cm³/mol. The SMILES string of the molecule is NN(CC1CCC(/C=C\C(=O)c2[nH]ncc2NC(=O)c2c(F)cccc2F)CC1)C(=O)OCc1ccccc1. The highest BCUT2D eigenvalue weighted by Crippen LogP contribution is 2.30. The summed E-state index contributed by atoms with van der Waals surface area (Å²) in [6.07, 6.45) is 7.08. The Morgan fingerprint density at radius 2 is 1.74 bits per heavy atom. The average molecular weight is 538 g/mol. The smallest absolute Gasteiger partial charge is 0.424 e. The molecule has 11 heteroatoms. The first-order valence-electron chi connectivity index (χ1n) is 12.6. The Morgan fingerprint density at radius 3 is 2.44 bits per heavy atom. The zero-order chi connectivity index (χ0) is 27.8. The van der Waals surface area contributed by atoms with Crippen LogP contribution in [0, 0.1) is 23.5 Å². The van der Waals surface area contributed by atoms with Gasteiger partial charge in [-0.1, -0.05) is 42.5 Å². The normalized spacial score (nSPS) is 17.1. The van der Waals surface area contributed by atoms with Crippen molar-refractivity contribution in [3.8, 4) is 0 Å². The third-order valence-corrected chi connectivity index (χ3v) is 6.63. The van der Waals surface area contributed by atoms with E-state index in [9.17, 15) is 23.2 Å². The Hall–Kier alpha value is -4.38. The monoisotopic (exact) mass is 537 g/mol. The third-order valence-electron chi connectivity index (χ3n) is 6.63. The molecule has 2 amide bonds. The highest BCUT2D eigenvalue weighted by molar-refractivity contribution is 6.11. The Morgan fingerprint density at radius 1 is 1.05 bits per heavy atom. The van der Waals surface area contributed by atoms with E-state index >= 15 is 0 Å². The average Bonchev–Trinajstić information content (AvgIpc) is 3.39. The first-order valence-corrected chi connectivity index (χ1v) is 12.6. The summed E-state index contributed by atoms with van der Waals surface area (Å²) in [6.45, 7) is 0.531. The second-order valence-corrected chi connectivity index (χ2v) is 9.41. The number of carbonyl (C=O) groups excluding carboxylic acids is 3. The van der Waals surface area contributed by atoms with Crippen LogP contribution in [0.4, 0.5) is 19.3 Å². The van der Waals surface area contributed by atoms with E-state index in [0.29, 0.717) is 6.54 Å². The number of nitrogens with two attached hydrogens (primary N) is 1. The lowest BCUT2D eigenvalue weighted by atomic mass is 9.81.